The summed E-state index contributed by atoms with van der Waals surface area (Å²) in [7, 11) is 0. The van der Waals surface area contributed by atoms with E-state index < -0.39 is 17.7 Å². The first kappa shape index (κ1) is 21.3. The lowest BCUT2D eigenvalue weighted by Crippen LogP contribution is -2.30. The van der Waals surface area contributed by atoms with E-state index in [9.17, 15) is 14.7 Å². The molecule has 162 valence electrons. The van der Waals surface area contributed by atoms with Crippen LogP contribution in [0.5, 0.6) is 5.75 Å². The smallest absolute Gasteiger partial charge is 0.301 e. The Morgan fingerprint density at radius 2 is 1.75 bits per heavy atom. The van der Waals surface area contributed by atoms with Crippen LogP contribution in [0.25, 0.3) is 5.76 Å². The van der Waals surface area contributed by atoms with Gasteiger partial charge in [0.25, 0.3) is 5.78 Å². The molecule has 0 saturated carbocycles. The van der Waals surface area contributed by atoms with Gasteiger partial charge in [-0.2, -0.15) is 0 Å². The number of ether oxygens (including phenoxy) is 1. The zero-order chi connectivity index (χ0) is 22.7. The maximum atomic E-state index is 13.1. The molecule has 0 aliphatic carbocycles. The quantitative estimate of drug-likeness (QED) is 0.346. The summed E-state index contributed by atoms with van der Waals surface area (Å²) in [4.78, 5) is 31.8. The Bertz CT molecular complexity index is 1150. The van der Waals surface area contributed by atoms with Gasteiger partial charge in [-0.15, -0.1) is 0 Å². The number of nitrogens with zero attached hydrogens (tertiary/aromatic N) is 2. The number of ketones is 1. The Balaban J connectivity index is 1.83. The van der Waals surface area contributed by atoms with Gasteiger partial charge in [0.15, 0.2) is 0 Å². The Morgan fingerprint density at radius 1 is 1.03 bits per heavy atom. The van der Waals surface area contributed by atoms with Crippen LogP contribution in [0.4, 0.5) is 5.82 Å². The molecule has 1 unspecified atom stereocenters. The van der Waals surface area contributed by atoms with Crippen LogP contribution in [-0.2, 0) is 9.59 Å². The largest absolute Gasteiger partial charge is 0.507 e. The number of aliphatic hydroxyl groups excluding tert-OH is 1. The molecule has 1 aliphatic rings. The van der Waals surface area contributed by atoms with Gasteiger partial charge in [-0.3, -0.25) is 14.5 Å². The average molecular weight is 428 g/mol. The molecule has 6 heteroatoms. The SMILES string of the molecule is CCCOc1ccc(C(O)=C2C(=O)C(=O)N(c3ccccn3)C2c2ccc(C)cc2)cc1. The van der Waals surface area contributed by atoms with Crippen LogP contribution in [0.1, 0.15) is 36.1 Å². The number of Topliss-reactive ketones (excluding diaryl/α,β-unsaturated/α-hetero) is 1. The van der Waals surface area contributed by atoms with Gasteiger partial charge in [-0.1, -0.05) is 42.8 Å². The molecule has 1 saturated heterocycles. The van der Waals surface area contributed by atoms with Crippen molar-refractivity contribution in [3.05, 3.63) is 95.2 Å². The Kier molecular flexibility index (Phi) is 6.03. The highest BCUT2D eigenvalue weighted by atomic mass is 16.5. The third-order valence-electron chi connectivity index (χ3n) is 5.33. The Labute approximate surface area is 186 Å². The van der Waals surface area contributed by atoms with Crippen molar-refractivity contribution >= 4 is 23.3 Å². The first-order chi connectivity index (χ1) is 15.5. The zero-order valence-corrected chi connectivity index (χ0v) is 18.0. The maximum Gasteiger partial charge on any atom is 0.301 e. The van der Waals surface area contributed by atoms with Crippen LogP contribution in [0, 0.1) is 6.92 Å². The molecule has 1 amide bonds. The van der Waals surface area contributed by atoms with Gasteiger partial charge in [0.2, 0.25) is 0 Å². The molecule has 0 radical (unpaired) electrons. The van der Waals surface area contributed by atoms with E-state index in [0.717, 1.165) is 12.0 Å². The summed E-state index contributed by atoms with van der Waals surface area (Å²) in [5, 5.41) is 11.1. The average Bonchev–Trinajstić information content (AvgIpc) is 3.09. The molecule has 2 aromatic carbocycles. The Hall–Kier alpha value is -3.93. The number of hydrogen-bond donors (Lipinski definition) is 1. The second-order valence-corrected chi connectivity index (χ2v) is 7.64. The number of pyridine rings is 1. The number of amides is 1. The third-order valence-corrected chi connectivity index (χ3v) is 5.33. The van der Waals surface area contributed by atoms with E-state index in [1.165, 1.54) is 4.90 Å². The van der Waals surface area contributed by atoms with Crippen LogP contribution in [0.3, 0.4) is 0 Å². The number of aromatic nitrogens is 1. The van der Waals surface area contributed by atoms with Crippen molar-refractivity contribution in [2.24, 2.45) is 0 Å². The summed E-state index contributed by atoms with van der Waals surface area (Å²) < 4.78 is 5.59. The molecule has 1 fully saturated rings. The van der Waals surface area contributed by atoms with E-state index in [2.05, 4.69) is 4.98 Å². The highest BCUT2D eigenvalue weighted by molar-refractivity contribution is 6.51. The predicted octanol–water partition coefficient (Wildman–Crippen LogP) is 4.81. The number of anilines is 1. The fraction of sp³-hybridized carbons (Fsp3) is 0.192. The lowest BCUT2D eigenvalue weighted by atomic mass is 9.94. The normalized spacial score (nSPS) is 17.6. The molecule has 0 spiro atoms. The molecule has 3 aromatic rings. The highest BCUT2D eigenvalue weighted by Gasteiger charge is 2.47. The summed E-state index contributed by atoms with van der Waals surface area (Å²) >= 11 is 0. The van der Waals surface area contributed by atoms with Gasteiger partial charge in [0, 0.05) is 11.8 Å². The van der Waals surface area contributed by atoms with Crippen LogP contribution in [0.15, 0.2) is 78.5 Å². The highest BCUT2D eigenvalue weighted by Crippen LogP contribution is 2.41. The lowest BCUT2D eigenvalue weighted by molar-refractivity contribution is -0.132. The fourth-order valence-electron chi connectivity index (χ4n) is 3.71. The molecule has 6 nitrogen and oxygen atoms in total. The molecular weight excluding hydrogens is 404 g/mol. The second-order valence-electron chi connectivity index (χ2n) is 7.64. The molecule has 32 heavy (non-hydrogen) atoms. The van der Waals surface area contributed by atoms with Crippen LogP contribution >= 0.6 is 0 Å². The number of carbonyl (C=O) groups excluding carboxylic acids is 2. The standard InChI is InChI=1S/C26H24N2O4/c1-3-16-32-20-13-11-19(12-14-20)24(29)22-23(18-9-7-17(2)8-10-18)28(26(31)25(22)30)21-6-4-5-15-27-21/h4-15,23,29H,3,16H2,1-2H3. The van der Waals surface area contributed by atoms with E-state index in [4.69, 9.17) is 4.74 Å². The van der Waals surface area contributed by atoms with Gasteiger partial charge >= 0.3 is 5.91 Å². The number of rotatable bonds is 6. The topological polar surface area (TPSA) is 79.7 Å². The third kappa shape index (κ3) is 3.99. The summed E-state index contributed by atoms with van der Waals surface area (Å²) in [6, 6.07) is 18.7. The molecule has 4 rings (SSSR count). The van der Waals surface area contributed by atoms with E-state index in [-0.39, 0.29) is 11.3 Å². The van der Waals surface area contributed by atoms with Crippen molar-refractivity contribution in [2.45, 2.75) is 26.3 Å². The van der Waals surface area contributed by atoms with Gasteiger partial charge < -0.3 is 9.84 Å². The van der Waals surface area contributed by atoms with Crippen molar-refractivity contribution in [1.82, 2.24) is 4.98 Å². The first-order valence-corrected chi connectivity index (χ1v) is 10.5. The van der Waals surface area contributed by atoms with Crippen molar-refractivity contribution in [1.29, 1.82) is 0 Å². The lowest BCUT2D eigenvalue weighted by Gasteiger charge is -2.24. The monoisotopic (exact) mass is 428 g/mol. The molecule has 2 heterocycles. The zero-order valence-electron chi connectivity index (χ0n) is 18.0. The fourth-order valence-corrected chi connectivity index (χ4v) is 3.71. The van der Waals surface area contributed by atoms with Crippen LogP contribution in [0.2, 0.25) is 0 Å². The van der Waals surface area contributed by atoms with Gasteiger partial charge in [0.05, 0.1) is 18.2 Å². The molecule has 1 N–H and O–H groups in total. The van der Waals surface area contributed by atoms with Crippen molar-refractivity contribution < 1.29 is 19.4 Å². The molecule has 1 aliphatic heterocycles. The number of benzene rings is 2. The summed E-state index contributed by atoms with van der Waals surface area (Å²) in [6.07, 6.45) is 2.45. The molecule has 1 atom stereocenters. The molecular formula is C26H24N2O4. The first-order valence-electron chi connectivity index (χ1n) is 10.5. The van der Waals surface area contributed by atoms with E-state index in [1.807, 2.05) is 38.1 Å². The van der Waals surface area contributed by atoms with E-state index in [1.54, 1.807) is 48.7 Å². The van der Waals surface area contributed by atoms with Gasteiger partial charge in [-0.25, -0.2) is 4.98 Å². The van der Waals surface area contributed by atoms with E-state index in [0.29, 0.717) is 29.3 Å². The van der Waals surface area contributed by atoms with Crippen molar-refractivity contribution in [2.75, 3.05) is 11.5 Å². The summed E-state index contributed by atoms with van der Waals surface area (Å²) in [6.45, 7) is 4.57. The maximum absolute atomic E-state index is 13.1. The van der Waals surface area contributed by atoms with Gasteiger partial charge in [-0.05, 0) is 55.3 Å². The number of aliphatic hydroxyl groups is 1. The van der Waals surface area contributed by atoms with Crippen LogP contribution < -0.4 is 9.64 Å². The van der Waals surface area contributed by atoms with Crippen molar-refractivity contribution in [3.8, 4) is 5.75 Å². The Morgan fingerprint density at radius 3 is 2.38 bits per heavy atom. The molecule has 1 aromatic heterocycles. The number of aryl methyl sites for hydroxylation is 1. The van der Waals surface area contributed by atoms with E-state index >= 15 is 0 Å². The minimum atomic E-state index is -0.790. The molecule has 0 bridgehead atoms. The van der Waals surface area contributed by atoms with Crippen LogP contribution in [-0.4, -0.2) is 28.4 Å². The second kappa shape index (κ2) is 9.06. The predicted molar refractivity (Wildman–Crippen MR) is 122 cm³/mol. The number of carbonyl (C=O) groups is 2. The summed E-state index contributed by atoms with van der Waals surface area (Å²) in [5.74, 6) is -0.673. The minimum absolute atomic E-state index is 0.0340. The van der Waals surface area contributed by atoms with Crippen molar-refractivity contribution in [3.63, 3.8) is 0 Å². The summed E-state index contributed by atoms with van der Waals surface area (Å²) in [5.41, 5.74) is 2.23. The number of hydrogen-bond acceptors (Lipinski definition) is 5. The minimum Gasteiger partial charge on any atom is -0.507 e. The van der Waals surface area contributed by atoms with Gasteiger partial charge in [0.1, 0.15) is 17.3 Å².